The van der Waals surface area contributed by atoms with Gasteiger partial charge < -0.3 is 19.3 Å². The number of rotatable bonds is 7. The molecule has 7 nitrogen and oxygen atoms in total. The summed E-state index contributed by atoms with van der Waals surface area (Å²) in [7, 11) is 1.63. The second-order valence-electron chi connectivity index (χ2n) is 9.37. The van der Waals surface area contributed by atoms with E-state index in [0.717, 1.165) is 43.1 Å². The summed E-state index contributed by atoms with van der Waals surface area (Å²) in [5, 5.41) is 11.1. The summed E-state index contributed by atoms with van der Waals surface area (Å²) < 4.78 is 7.01. The molecule has 1 atom stereocenters. The highest BCUT2D eigenvalue weighted by atomic mass is 16.5. The van der Waals surface area contributed by atoms with Gasteiger partial charge in [0.25, 0.3) is 5.56 Å². The van der Waals surface area contributed by atoms with Crippen LogP contribution in [0.1, 0.15) is 28.4 Å². The highest BCUT2D eigenvalue weighted by molar-refractivity contribution is 5.47. The standard InChI is InChI=1S/C30H32N4O3/c1-22-20-27(35)28(30(36)34(22)21-23-8-10-26(37-2)11-9-23)29(24-12-14-31-15-13-24)33-18-16-32(17-19-33)25-6-4-3-5-7-25/h3-15,20,29,35H,16-19,21H2,1-2H3. The number of methoxy groups -OCH3 is 1. The van der Waals surface area contributed by atoms with E-state index in [1.807, 2.05) is 49.4 Å². The predicted molar refractivity (Wildman–Crippen MR) is 146 cm³/mol. The van der Waals surface area contributed by atoms with E-state index in [-0.39, 0.29) is 17.4 Å². The van der Waals surface area contributed by atoms with E-state index in [0.29, 0.717) is 17.8 Å². The van der Waals surface area contributed by atoms with Crippen molar-refractivity contribution in [2.75, 3.05) is 38.2 Å². The van der Waals surface area contributed by atoms with Crippen LogP contribution in [0.15, 0.2) is 90.0 Å². The third-order valence-corrected chi connectivity index (χ3v) is 7.12. The zero-order valence-corrected chi connectivity index (χ0v) is 21.2. The molecule has 1 fully saturated rings. The Labute approximate surface area is 217 Å². The molecule has 4 aromatic rings. The Kier molecular flexibility index (Phi) is 7.23. The van der Waals surface area contributed by atoms with E-state index in [4.69, 9.17) is 4.74 Å². The third kappa shape index (κ3) is 5.22. The molecule has 1 unspecified atom stereocenters. The second-order valence-corrected chi connectivity index (χ2v) is 9.37. The van der Waals surface area contributed by atoms with Crippen LogP contribution in [-0.2, 0) is 6.54 Å². The van der Waals surface area contributed by atoms with E-state index in [1.54, 1.807) is 30.1 Å². The van der Waals surface area contributed by atoms with Gasteiger partial charge in [0.15, 0.2) is 0 Å². The van der Waals surface area contributed by atoms with Gasteiger partial charge in [-0.3, -0.25) is 14.7 Å². The van der Waals surface area contributed by atoms with Gasteiger partial charge in [-0.1, -0.05) is 30.3 Å². The average Bonchev–Trinajstić information content (AvgIpc) is 2.95. The molecule has 3 heterocycles. The van der Waals surface area contributed by atoms with Gasteiger partial charge in [-0.2, -0.15) is 0 Å². The zero-order valence-electron chi connectivity index (χ0n) is 21.2. The Hall–Kier alpha value is -4.10. The first-order chi connectivity index (χ1) is 18.0. The lowest BCUT2D eigenvalue weighted by atomic mass is 9.96. The van der Waals surface area contributed by atoms with Crippen molar-refractivity contribution < 1.29 is 9.84 Å². The smallest absolute Gasteiger partial charge is 0.259 e. The van der Waals surface area contributed by atoms with Gasteiger partial charge in [0.05, 0.1) is 25.3 Å². The molecule has 1 saturated heterocycles. The fraction of sp³-hybridized carbons (Fsp3) is 0.267. The maximum Gasteiger partial charge on any atom is 0.259 e. The summed E-state index contributed by atoms with van der Waals surface area (Å²) in [4.78, 5) is 22.8. The first-order valence-corrected chi connectivity index (χ1v) is 12.6. The molecule has 1 aliphatic heterocycles. The van der Waals surface area contributed by atoms with Gasteiger partial charge in [-0.05, 0) is 60.5 Å². The van der Waals surface area contributed by atoms with Crippen LogP contribution in [0.4, 0.5) is 5.69 Å². The van der Waals surface area contributed by atoms with E-state index < -0.39 is 0 Å². The molecule has 2 aromatic carbocycles. The van der Waals surface area contributed by atoms with Crippen LogP contribution in [0.25, 0.3) is 0 Å². The Morgan fingerprint density at radius 2 is 1.62 bits per heavy atom. The Morgan fingerprint density at radius 3 is 2.27 bits per heavy atom. The van der Waals surface area contributed by atoms with Crippen LogP contribution in [-0.4, -0.2) is 52.8 Å². The molecule has 7 heteroatoms. The molecule has 0 aliphatic carbocycles. The molecule has 0 radical (unpaired) electrons. The van der Waals surface area contributed by atoms with Crippen LogP contribution in [0.2, 0.25) is 0 Å². The van der Waals surface area contributed by atoms with E-state index in [2.05, 4.69) is 39.0 Å². The lowest BCUT2D eigenvalue weighted by Crippen LogP contribution is -2.49. The molecular weight excluding hydrogens is 464 g/mol. The minimum Gasteiger partial charge on any atom is -0.507 e. The first kappa shape index (κ1) is 24.6. The number of ether oxygens (including phenoxy) is 1. The summed E-state index contributed by atoms with van der Waals surface area (Å²) in [5.41, 5.74) is 4.06. The average molecular weight is 497 g/mol. The number of hydrogen-bond acceptors (Lipinski definition) is 6. The number of piperazine rings is 1. The number of aromatic nitrogens is 2. The molecule has 1 N–H and O–H groups in total. The van der Waals surface area contributed by atoms with E-state index in [1.165, 1.54) is 5.69 Å². The summed E-state index contributed by atoms with van der Waals surface area (Å²) in [5.74, 6) is 0.799. The quantitative estimate of drug-likeness (QED) is 0.413. The molecule has 0 spiro atoms. The maximum absolute atomic E-state index is 14.0. The Bertz CT molecular complexity index is 1380. The number of nitrogens with zero attached hydrogens (tertiary/aromatic N) is 4. The third-order valence-electron chi connectivity index (χ3n) is 7.12. The zero-order chi connectivity index (χ0) is 25.8. The first-order valence-electron chi connectivity index (χ1n) is 12.6. The molecule has 2 aromatic heterocycles. The predicted octanol–water partition coefficient (Wildman–Crippen LogP) is 4.23. The normalized spacial score (nSPS) is 14.9. The molecule has 37 heavy (non-hydrogen) atoms. The monoisotopic (exact) mass is 496 g/mol. The van der Waals surface area contributed by atoms with Gasteiger partial charge in [0.2, 0.25) is 0 Å². The van der Waals surface area contributed by atoms with E-state index in [9.17, 15) is 9.90 Å². The second kappa shape index (κ2) is 10.9. The van der Waals surface area contributed by atoms with Crippen molar-refractivity contribution >= 4 is 5.69 Å². The molecule has 0 saturated carbocycles. The number of pyridine rings is 2. The number of anilines is 1. The number of aromatic hydroxyl groups is 1. The highest BCUT2D eigenvalue weighted by Crippen LogP contribution is 2.33. The van der Waals surface area contributed by atoms with Crippen molar-refractivity contribution in [2.45, 2.75) is 19.5 Å². The lowest BCUT2D eigenvalue weighted by molar-refractivity contribution is 0.207. The fourth-order valence-corrected chi connectivity index (χ4v) is 5.12. The molecule has 5 rings (SSSR count). The fourth-order valence-electron chi connectivity index (χ4n) is 5.12. The van der Waals surface area contributed by atoms with Gasteiger partial charge in [-0.25, -0.2) is 0 Å². The molecular formula is C30H32N4O3. The Balaban J connectivity index is 1.50. The number of hydrogen-bond donors (Lipinski definition) is 1. The van der Waals surface area contributed by atoms with Crippen molar-refractivity contribution in [1.29, 1.82) is 0 Å². The minimum atomic E-state index is -0.379. The number of benzene rings is 2. The van der Waals surface area contributed by atoms with Crippen molar-refractivity contribution in [2.24, 2.45) is 0 Å². The Morgan fingerprint density at radius 1 is 0.946 bits per heavy atom. The van der Waals surface area contributed by atoms with Crippen molar-refractivity contribution in [3.63, 3.8) is 0 Å². The summed E-state index contributed by atoms with van der Waals surface area (Å²) in [6.07, 6.45) is 3.48. The van der Waals surface area contributed by atoms with Crippen molar-refractivity contribution in [1.82, 2.24) is 14.5 Å². The summed E-state index contributed by atoms with van der Waals surface area (Å²) in [6.45, 7) is 5.44. The molecule has 190 valence electrons. The molecule has 1 aliphatic rings. The maximum atomic E-state index is 14.0. The van der Waals surface area contributed by atoms with Crippen LogP contribution in [0.5, 0.6) is 11.5 Å². The van der Waals surface area contributed by atoms with Gasteiger partial charge >= 0.3 is 0 Å². The minimum absolute atomic E-state index is 0.0285. The number of aryl methyl sites for hydroxylation is 1. The van der Waals surface area contributed by atoms with Gasteiger partial charge in [-0.15, -0.1) is 0 Å². The number of para-hydroxylation sites is 1. The van der Waals surface area contributed by atoms with Gasteiger partial charge in [0, 0.05) is 50.0 Å². The topological polar surface area (TPSA) is 70.8 Å². The largest absolute Gasteiger partial charge is 0.507 e. The van der Waals surface area contributed by atoms with Crippen molar-refractivity contribution in [3.05, 3.63) is 118 Å². The highest BCUT2D eigenvalue weighted by Gasteiger charge is 2.31. The van der Waals surface area contributed by atoms with Crippen LogP contribution in [0, 0.1) is 6.92 Å². The lowest BCUT2D eigenvalue weighted by Gasteiger charge is -2.40. The molecule has 0 bridgehead atoms. The van der Waals surface area contributed by atoms with Crippen molar-refractivity contribution in [3.8, 4) is 11.5 Å². The SMILES string of the molecule is COc1ccc(Cn2c(C)cc(O)c(C(c3ccncc3)N3CCN(c4ccccc4)CC3)c2=O)cc1. The van der Waals surface area contributed by atoms with E-state index >= 15 is 0 Å². The van der Waals surface area contributed by atoms with Gasteiger partial charge in [0.1, 0.15) is 11.5 Å². The van der Waals surface area contributed by atoms with Crippen LogP contribution < -0.4 is 15.2 Å². The summed E-state index contributed by atoms with van der Waals surface area (Å²) >= 11 is 0. The van der Waals surface area contributed by atoms with Crippen LogP contribution in [0.3, 0.4) is 0 Å². The van der Waals surface area contributed by atoms with Crippen LogP contribution >= 0.6 is 0 Å². The molecule has 0 amide bonds. The summed E-state index contributed by atoms with van der Waals surface area (Å²) in [6, 6.07) is 23.3.